The van der Waals surface area contributed by atoms with E-state index in [0.717, 1.165) is 10.0 Å². The molecule has 0 aliphatic rings. The van der Waals surface area contributed by atoms with E-state index in [1.165, 1.54) is 0 Å². The molecule has 3 nitrogen and oxygen atoms in total. The lowest BCUT2D eigenvalue weighted by atomic mass is 10.2. The molecule has 1 aromatic carbocycles. The van der Waals surface area contributed by atoms with Gasteiger partial charge in [0, 0.05) is 21.8 Å². The maximum Gasteiger partial charge on any atom is 0.217 e. The number of rotatable bonds is 3. The normalized spacial score (nSPS) is 10.2. The fourth-order valence-corrected chi connectivity index (χ4v) is 1.94. The van der Waals surface area contributed by atoms with Gasteiger partial charge in [-0.15, -0.1) is 0 Å². The number of nitrogen functional groups attached to an aromatic ring is 1. The number of nitrogens with two attached hydrogens (primary N) is 1. The van der Waals surface area contributed by atoms with Crippen LogP contribution < -0.4 is 10.5 Å². The smallest absolute Gasteiger partial charge is 0.217 e. The number of halogens is 2. The summed E-state index contributed by atoms with van der Waals surface area (Å²) in [5.74, 6) is 0.422. The number of hydrogen-bond acceptors (Lipinski definition) is 3. The van der Waals surface area contributed by atoms with Crippen molar-refractivity contribution >= 4 is 33.2 Å². The van der Waals surface area contributed by atoms with E-state index in [9.17, 15) is 0 Å². The van der Waals surface area contributed by atoms with Gasteiger partial charge >= 0.3 is 0 Å². The predicted molar refractivity (Wildman–Crippen MR) is 72.1 cm³/mol. The first kappa shape index (κ1) is 12.2. The molecule has 1 heterocycles. The standard InChI is InChI=1S/C12H10BrClN2O/c13-10-4-2-1-3-8(10)7-17-12-6-9(15)5-11(14)16-12/h1-6H,7H2,(H2,15,16). The molecule has 0 radical (unpaired) electrons. The molecular weight excluding hydrogens is 304 g/mol. The van der Waals surface area contributed by atoms with Gasteiger partial charge in [-0.1, -0.05) is 45.7 Å². The summed E-state index contributed by atoms with van der Waals surface area (Å²) in [5.41, 5.74) is 7.21. The van der Waals surface area contributed by atoms with Crippen LogP contribution in [0.2, 0.25) is 5.15 Å². The first-order chi connectivity index (χ1) is 8.15. The van der Waals surface area contributed by atoms with Crippen molar-refractivity contribution in [1.82, 2.24) is 4.98 Å². The Bertz CT molecular complexity index is 513. The van der Waals surface area contributed by atoms with Gasteiger partial charge in [0.05, 0.1) is 0 Å². The van der Waals surface area contributed by atoms with Gasteiger partial charge in [-0.25, -0.2) is 4.98 Å². The van der Waals surface area contributed by atoms with Gasteiger partial charge < -0.3 is 10.5 Å². The fourth-order valence-electron chi connectivity index (χ4n) is 1.33. The Morgan fingerprint density at radius 3 is 2.76 bits per heavy atom. The zero-order valence-electron chi connectivity index (χ0n) is 8.86. The zero-order valence-corrected chi connectivity index (χ0v) is 11.2. The van der Waals surface area contributed by atoms with Gasteiger partial charge in [-0.2, -0.15) is 0 Å². The molecule has 0 bridgehead atoms. The summed E-state index contributed by atoms with van der Waals surface area (Å²) in [4.78, 5) is 4.03. The second-order valence-electron chi connectivity index (χ2n) is 3.44. The maximum atomic E-state index is 5.78. The quantitative estimate of drug-likeness (QED) is 0.880. The number of hydrogen-bond donors (Lipinski definition) is 1. The van der Waals surface area contributed by atoms with Crippen LogP contribution in [0.3, 0.4) is 0 Å². The molecule has 0 saturated carbocycles. The Hall–Kier alpha value is -1.26. The van der Waals surface area contributed by atoms with Gasteiger partial charge in [0.1, 0.15) is 11.8 Å². The van der Waals surface area contributed by atoms with E-state index in [0.29, 0.717) is 23.3 Å². The molecule has 0 fully saturated rings. The van der Waals surface area contributed by atoms with Crippen LogP contribution in [-0.2, 0) is 6.61 Å². The largest absolute Gasteiger partial charge is 0.473 e. The van der Waals surface area contributed by atoms with Crippen LogP contribution in [0.5, 0.6) is 5.88 Å². The van der Waals surface area contributed by atoms with Gasteiger partial charge in [0.15, 0.2) is 0 Å². The van der Waals surface area contributed by atoms with Gasteiger partial charge in [-0.05, 0) is 12.1 Å². The summed E-state index contributed by atoms with van der Waals surface area (Å²) >= 11 is 9.23. The van der Waals surface area contributed by atoms with Crippen LogP contribution in [0.4, 0.5) is 5.69 Å². The number of anilines is 1. The van der Waals surface area contributed by atoms with E-state index >= 15 is 0 Å². The molecule has 88 valence electrons. The summed E-state index contributed by atoms with van der Waals surface area (Å²) < 4.78 is 6.52. The van der Waals surface area contributed by atoms with E-state index in [4.69, 9.17) is 22.1 Å². The minimum Gasteiger partial charge on any atom is -0.473 e. The van der Waals surface area contributed by atoms with Gasteiger partial charge in [0.2, 0.25) is 5.88 Å². The summed E-state index contributed by atoms with van der Waals surface area (Å²) in [6.45, 7) is 0.411. The van der Waals surface area contributed by atoms with E-state index in [1.807, 2.05) is 24.3 Å². The lowest BCUT2D eigenvalue weighted by Crippen LogP contribution is -1.99. The summed E-state index contributed by atoms with van der Waals surface area (Å²) in [6, 6.07) is 11.0. The highest BCUT2D eigenvalue weighted by molar-refractivity contribution is 9.10. The van der Waals surface area contributed by atoms with E-state index in [-0.39, 0.29) is 0 Å². The molecular formula is C12H10BrClN2O. The monoisotopic (exact) mass is 312 g/mol. The van der Waals surface area contributed by atoms with Crippen molar-refractivity contribution in [2.75, 3.05) is 5.73 Å². The number of aromatic nitrogens is 1. The van der Waals surface area contributed by atoms with Crippen LogP contribution in [0.15, 0.2) is 40.9 Å². The molecule has 17 heavy (non-hydrogen) atoms. The molecule has 0 unspecified atom stereocenters. The second-order valence-corrected chi connectivity index (χ2v) is 4.68. The maximum absolute atomic E-state index is 5.78. The lowest BCUT2D eigenvalue weighted by Gasteiger charge is -2.07. The van der Waals surface area contributed by atoms with Gasteiger partial charge in [0.25, 0.3) is 0 Å². The number of nitrogens with zero attached hydrogens (tertiary/aromatic N) is 1. The van der Waals surface area contributed by atoms with Crippen molar-refractivity contribution in [3.63, 3.8) is 0 Å². The van der Waals surface area contributed by atoms with Crippen LogP contribution >= 0.6 is 27.5 Å². The summed E-state index contributed by atoms with van der Waals surface area (Å²) in [7, 11) is 0. The molecule has 0 amide bonds. The van der Waals surface area contributed by atoms with Crippen LogP contribution in [0.1, 0.15) is 5.56 Å². The van der Waals surface area contributed by atoms with Crippen molar-refractivity contribution in [3.8, 4) is 5.88 Å². The van der Waals surface area contributed by atoms with E-state index in [2.05, 4.69) is 20.9 Å². The van der Waals surface area contributed by atoms with Crippen molar-refractivity contribution in [1.29, 1.82) is 0 Å². The Labute approximate surface area is 113 Å². The number of ether oxygens (including phenoxy) is 1. The molecule has 0 spiro atoms. The molecule has 0 aliphatic carbocycles. The summed E-state index contributed by atoms with van der Waals surface area (Å²) in [5, 5.41) is 0.326. The first-order valence-corrected chi connectivity index (χ1v) is 6.11. The highest BCUT2D eigenvalue weighted by Gasteiger charge is 2.03. The average molecular weight is 314 g/mol. The van der Waals surface area contributed by atoms with Crippen molar-refractivity contribution in [3.05, 3.63) is 51.6 Å². The lowest BCUT2D eigenvalue weighted by molar-refractivity contribution is 0.293. The second kappa shape index (κ2) is 5.38. The molecule has 1 aromatic heterocycles. The molecule has 0 saturated heterocycles. The topological polar surface area (TPSA) is 48.1 Å². The summed E-state index contributed by atoms with van der Waals surface area (Å²) in [6.07, 6.45) is 0. The fraction of sp³-hybridized carbons (Fsp3) is 0.0833. The van der Waals surface area contributed by atoms with Crippen LogP contribution in [0, 0.1) is 0 Å². The minimum absolute atomic E-state index is 0.326. The molecule has 2 N–H and O–H groups in total. The number of benzene rings is 1. The third-order valence-corrected chi connectivity index (χ3v) is 3.09. The van der Waals surface area contributed by atoms with Crippen LogP contribution in [0.25, 0.3) is 0 Å². The Morgan fingerprint density at radius 1 is 1.29 bits per heavy atom. The highest BCUT2D eigenvalue weighted by Crippen LogP contribution is 2.21. The Kier molecular flexibility index (Phi) is 3.86. The SMILES string of the molecule is Nc1cc(Cl)nc(OCc2ccccc2Br)c1. The highest BCUT2D eigenvalue weighted by atomic mass is 79.9. The molecule has 2 rings (SSSR count). The third kappa shape index (κ3) is 3.35. The van der Waals surface area contributed by atoms with Crippen molar-refractivity contribution in [2.24, 2.45) is 0 Å². The first-order valence-electron chi connectivity index (χ1n) is 4.94. The third-order valence-electron chi connectivity index (χ3n) is 2.13. The zero-order chi connectivity index (χ0) is 12.3. The van der Waals surface area contributed by atoms with E-state index in [1.54, 1.807) is 12.1 Å². The molecule has 0 aliphatic heterocycles. The van der Waals surface area contributed by atoms with E-state index < -0.39 is 0 Å². The minimum atomic E-state index is 0.326. The average Bonchev–Trinajstić information content (AvgIpc) is 2.27. The van der Waals surface area contributed by atoms with Crippen molar-refractivity contribution < 1.29 is 4.74 Å². The molecule has 0 atom stereocenters. The Morgan fingerprint density at radius 2 is 2.06 bits per heavy atom. The van der Waals surface area contributed by atoms with Crippen molar-refractivity contribution in [2.45, 2.75) is 6.61 Å². The van der Waals surface area contributed by atoms with Gasteiger partial charge in [-0.3, -0.25) is 0 Å². The predicted octanol–water partition coefficient (Wildman–Crippen LogP) is 3.66. The Balaban J connectivity index is 2.10. The molecule has 2 aromatic rings. The number of pyridine rings is 1. The molecule has 5 heteroatoms. The van der Waals surface area contributed by atoms with Crippen LogP contribution in [-0.4, -0.2) is 4.98 Å².